The second-order valence-corrected chi connectivity index (χ2v) is 7.52. The minimum Gasteiger partial charge on any atom is -0.356 e. The Kier molecular flexibility index (Phi) is 4.15. The summed E-state index contributed by atoms with van der Waals surface area (Å²) in [6.07, 6.45) is 0. The van der Waals surface area contributed by atoms with Gasteiger partial charge in [-0.1, -0.05) is 11.2 Å². The van der Waals surface area contributed by atoms with E-state index in [1.807, 2.05) is 26.8 Å². The van der Waals surface area contributed by atoms with E-state index < -0.39 is 10.0 Å². The fraction of sp³-hybridized carbons (Fsp3) is 0.167. The van der Waals surface area contributed by atoms with Crippen molar-refractivity contribution >= 4 is 15.7 Å². The van der Waals surface area contributed by atoms with Gasteiger partial charge in [-0.05, 0) is 68.3 Å². The highest BCUT2D eigenvalue weighted by Crippen LogP contribution is 2.24. The molecule has 0 radical (unpaired) electrons. The molecule has 0 bridgehead atoms. The van der Waals surface area contributed by atoms with Crippen LogP contribution in [0.4, 0.5) is 5.69 Å². The van der Waals surface area contributed by atoms with E-state index >= 15 is 0 Å². The first-order chi connectivity index (χ1) is 11.3. The van der Waals surface area contributed by atoms with Crippen molar-refractivity contribution in [3.8, 4) is 11.3 Å². The van der Waals surface area contributed by atoms with Gasteiger partial charge in [-0.3, -0.25) is 4.72 Å². The van der Waals surface area contributed by atoms with Crippen LogP contribution in [-0.4, -0.2) is 13.6 Å². The third kappa shape index (κ3) is 3.49. The van der Waals surface area contributed by atoms with Crippen LogP contribution in [0.2, 0.25) is 0 Å². The van der Waals surface area contributed by atoms with Crippen LogP contribution >= 0.6 is 0 Å². The molecule has 6 heteroatoms. The average Bonchev–Trinajstić information content (AvgIpc) is 2.92. The van der Waals surface area contributed by atoms with Gasteiger partial charge in [-0.25, -0.2) is 8.42 Å². The first-order valence-corrected chi connectivity index (χ1v) is 8.97. The molecule has 2 aromatic carbocycles. The van der Waals surface area contributed by atoms with E-state index in [9.17, 15) is 8.42 Å². The topological polar surface area (TPSA) is 72.2 Å². The normalized spacial score (nSPS) is 11.5. The summed E-state index contributed by atoms with van der Waals surface area (Å²) in [6, 6.07) is 13.9. The van der Waals surface area contributed by atoms with Gasteiger partial charge < -0.3 is 4.52 Å². The van der Waals surface area contributed by atoms with Crippen molar-refractivity contribution in [3.63, 3.8) is 0 Å². The van der Waals surface area contributed by atoms with Crippen LogP contribution in [0.1, 0.15) is 16.8 Å². The number of aromatic nitrogens is 1. The highest BCUT2D eigenvalue weighted by molar-refractivity contribution is 7.92. The second kappa shape index (κ2) is 6.13. The second-order valence-electron chi connectivity index (χ2n) is 5.84. The Morgan fingerprint density at radius 3 is 2.08 bits per heavy atom. The number of nitrogens with zero attached hydrogens (tertiary/aromatic N) is 1. The van der Waals surface area contributed by atoms with Crippen LogP contribution in [0.5, 0.6) is 0 Å². The Morgan fingerprint density at radius 2 is 1.54 bits per heavy atom. The fourth-order valence-corrected chi connectivity index (χ4v) is 3.59. The summed E-state index contributed by atoms with van der Waals surface area (Å²) in [7, 11) is -3.64. The molecule has 124 valence electrons. The number of anilines is 1. The Labute approximate surface area is 141 Å². The molecule has 1 N–H and O–H groups in total. The van der Waals surface area contributed by atoms with Gasteiger partial charge in [0.05, 0.1) is 10.6 Å². The lowest BCUT2D eigenvalue weighted by atomic mass is 10.1. The smallest absolute Gasteiger partial charge is 0.261 e. The van der Waals surface area contributed by atoms with Crippen molar-refractivity contribution < 1.29 is 12.9 Å². The zero-order valence-corrected chi connectivity index (χ0v) is 14.5. The van der Waals surface area contributed by atoms with Gasteiger partial charge in [-0.15, -0.1) is 0 Å². The number of hydrogen-bond donors (Lipinski definition) is 1. The largest absolute Gasteiger partial charge is 0.356 e. The number of aryl methyl sites for hydroxylation is 3. The summed E-state index contributed by atoms with van der Waals surface area (Å²) in [5.41, 5.74) is 4.12. The van der Waals surface area contributed by atoms with Crippen LogP contribution in [0, 0.1) is 20.8 Å². The quantitative estimate of drug-likeness (QED) is 0.776. The van der Waals surface area contributed by atoms with E-state index in [2.05, 4.69) is 9.88 Å². The van der Waals surface area contributed by atoms with E-state index in [1.54, 1.807) is 42.5 Å². The standard InChI is InChI=1S/C18H18N2O3S/c1-12-8-13(2)10-16(9-12)20-24(21,22)17-6-4-15(5-7-17)18-11-14(3)19-23-18/h4-11,20H,1-3H3. The molecular weight excluding hydrogens is 324 g/mol. The predicted molar refractivity (Wildman–Crippen MR) is 93.4 cm³/mol. The van der Waals surface area contributed by atoms with Crippen molar-refractivity contribution in [3.05, 3.63) is 65.4 Å². The van der Waals surface area contributed by atoms with E-state index in [-0.39, 0.29) is 4.90 Å². The lowest BCUT2D eigenvalue weighted by molar-refractivity contribution is 0.427. The Bertz CT molecular complexity index is 954. The summed E-state index contributed by atoms with van der Waals surface area (Å²) in [4.78, 5) is 0.196. The molecule has 0 fully saturated rings. The van der Waals surface area contributed by atoms with Crippen LogP contribution in [-0.2, 0) is 10.0 Å². The van der Waals surface area contributed by atoms with Crippen LogP contribution < -0.4 is 4.72 Å². The number of hydrogen-bond acceptors (Lipinski definition) is 4. The molecule has 0 atom stereocenters. The molecule has 0 saturated carbocycles. The van der Waals surface area contributed by atoms with Crippen molar-refractivity contribution in [1.29, 1.82) is 0 Å². The first-order valence-electron chi connectivity index (χ1n) is 7.48. The average molecular weight is 342 g/mol. The molecule has 0 aliphatic heterocycles. The Hall–Kier alpha value is -2.60. The number of nitrogens with one attached hydrogen (secondary N) is 1. The van der Waals surface area contributed by atoms with Gasteiger partial charge in [0.1, 0.15) is 0 Å². The molecule has 0 spiro atoms. The van der Waals surface area contributed by atoms with Gasteiger partial charge >= 0.3 is 0 Å². The van der Waals surface area contributed by atoms with E-state index in [0.29, 0.717) is 11.4 Å². The van der Waals surface area contributed by atoms with Crippen molar-refractivity contribution in [2.45, 2.75) is 25.7 Å². The van der Waals surface area contributed by atoms with E-state index in [0.717, 1.165) is 22.4 Å². The van der Waals surface area contributed by atoms with Gasteiger partial charge in [-0.2, -0.15) is 0 Å². The Balaban J connectivity index is 1.87. The zero-order chi connectivity index (χ0) is 17.3. The van der Waals surface area contributed by atoms with Crippen molar-refractivity contribution in [2.24, 2.45) is 0 Å². The zero-order valence-electron chi connectivity index (χ0n) is 13.7. The molecule has 0 amide bonds. The number of rotatable bonds is 4. The highest BCUT2D eigenvalue weighted by Gasteiger charge is 2.15. The van der Waals surface area contributed by atoms with Crippen molar-refractivity contribution in [2.75, 3.05) is 4.72 Å². The van der Waals surface area contributed by atoms with E-state index in [4.69, 9.17) is 4.52 Å². The summed E-state index contributed by atoms with van der Waals surface area (Å²) < 4.78 is 32.9. The van der Waals surface area contributed by atoms with Gasteiger partial charge in [0.25, 0.3) is 10.0 Å². The molecule has 1 aromatic heterocycles. The molecule has 24 heavy (non-hydrogen) atoms. The van der Waals surface area contributed by atoms with Crippen LogP contribution in [0.15, 0.2) is 57.9 Å². The molecule has 0 aliphatic rings. The predicted octanol–water partition coefficient (Wildman–Crippen LogP) is 4.07. The maximum atomic E-state index is 12.5. The third-order valence-electron chi connectivity index (χ3n) is 3.55. The molecule has 3 rings (SSSR count). The summed E-state index contributed by atoms with van der Waals surface area (Å²) in [6.45, 7) is 5.69. The van der Waals surface area contributed by atoms with Crippen LogP contribution in [0.25, 0.3) is 11.3 Å². The van der Waals surface area contributed by atoms with Gasteiger partial charge in [0.2, 0.25) is 0 Å². The number of sulfonamides is 1. The molecular formula is C18H18N2O3S. The Morgan fingerprint density at radius 1 is 0.917 bits per heavy atom. The molecule has 3 aromatic rings. The molecule has 0 aliphatic carbocycles. The number of benzene rings is 2. The summed E-state index contributed by atoms with van der Waals surface area (Å²) >= 11 is 0. The fourth-order valence-electron chi connectivity index (χ4n) is 2.55. The SMILES string of the molecule is Cc1cc(C)cc(NS(=O)(=O)c2ccc(-c3cc(C)no3)cc2)c1. The van der Waals surface area contributed by atoms with E-state index in [1.165, 1.54) is 0 Å². The third-order valence-corrected chi connectivity index (χ3v) is 4.95. The molecule has 0 saturated heterocycles. The summed E-state index contributed by atoms with van der Waals surface area (Å²) in [5.74, 6) is 0.610. The molecule has 5 nitrogen and oxygen atoms in total. The summed E-state index contributed by atoms with van der Waals surface area (Å²) in [5, 5.41) is 3.83. The van der Waals surface area contributed by atoms with Crippen molar-refractivity contribution in [1.82, 2.24) is 5.16 Å². The lowest BCUT2D eigenvalue weighted by Crippen LogP contribution is -2.13. The lowest BCUT2D eigenvalue weighted by Gasteiger charge is -2.10. The maximum absolute atomic E-state index is 12.5. The molecule has 0 unspecified atom stereocenters. The van der Waals surface area contributed by atoms with Gasteiger partial charge in [0.15, 0.2) is 5.76 Å². The monoisotopic (exact) mass is 342 g/mol. The highest BCUT2D eigenvalue weighted by atomic mass is 32.2. The van der Waals surface area contributed by atoms with Crippen LogP contribution in [0.3, 0.4) is 0 Å². The minimum absolute atomic E-state index is 0.196. The molecule has 1 heterocycles. The minimum atomic E-state index is -3.64. The maximum Gasteiger partial charge on any atom is 0.261 e. The van der Waals surface area contributed by atoms with Gasteiger partial charge in [0, 0.05) is 17.3 Å². The first kappa shape index (κ1) is 16.3.